The molecule has 3 heterocycles. The second-order valence-electron chi connectivity index (χ2n) is 7.31. The Morgan fingerprint density at radius 2 is 1.84 bits per heavy atom. The Bertz CT molecular complexity index is 1160. The number of anilines is 1. The van der Waals surface area contributed by atoms with E-state index >= 15 is 0 Å². The smallest absolute Gasteiger partial charge is 0.406 e. The summed E-state index contributed by atoms with van der Waals surface area (Å²) in [5, 5.41) is 3.96. The summed E-state index contributed by atoms with van der Waals surface area (Å²) in [6, 6.07) is 5.27. The number of aryl methyl sites for hydroxylation is 1. The van der Waals surface area contributed by atoms with E-state index in [4.69, 9.17) is 11.6 Å². The SMILES string of the molecule is Cc1cc(-c2cc(OC(F)(F)F)ccc2Cl)nc2c1CN(c1cnn(CC(F)(F)F)c1)C2. The number of hydrogen-bond donors (Lipinski definition) is 0. The van der Waals surface area contributed by atoms with Crippen LogP contribution in [-0.4, -0.2) is 27.3 Å². The maximum Gasteiger partial charge on any atom is 0.573 e. The first kappa shape index (κ1) is 22.3. The molecule has 1 aliphatic rings. The number of ether oxygens (including phenoxy) is 1. The monoisotopic (exact) mass is 476 g/mol. The van der Waals surface area contributed by atoms with E-state index in [9.17, 15) is 26.3 Å². The van der Waals surface area contributed by atoms with Gasteiger partial charge in [0.2, 0.25) is 0 Å². The number of rotatable bonds is 4. The van der Waals surface area contributed by atoms with Gasteiger partial charge in [-0.25, -0.2) is 0 Å². The second kappa shape index (κ2) is 7.88. The van der Waals surface area contributed by atoms with Crippen molar-refractivity contribution in [2.75, 3.05) is 4.90 Å². The van der Waals surface area contributed by atoms with Crippen LogP contribution in [0.5, 0.6) is 5.75 Å². The highest BCUT2D eigenvalue weighted by atomic mass is 35.5. The van der Waals surface area contributed by atoms with Crippen molar-refractivity contribution in [3.63, 3.8) is 0 Å². The number of hydrogen-bond acceptors (Lipinski definition) is 4. The molecule has 5 nitrogen and oxygen atoms in total. The van der Waals surface area contributed by atoms with Gasteiger partial charge in [-0.3, -0.25) is 9.67 Å². The molecule has 0 saturated heterocycles. The standard InChI is InChI=1S/C20H15ClF6N4O/c1-11-4-17(14-5-13(2-3-16(14)21)32-20(25,26)27)29-18-9-30(8-15(11)18)12-6-28-31(7-12)10-19(22,23)24/h2-7H,8-10H2,1H3. The highest BCUT2D eigenvalue weighted by molar-refractivity contribution is 6.33. The predicted molar refractivity (Wildman–Crippen MR) is 104 cm³/mol. The molecule has 0 saturated carbocycles. The van der Waals surface area contributed by atoms with Crippen LogP contribution in [0.1, 0.15) is 16.8 Å². The number of alkyl halides is 6. The maximum atomic E-state index is 12.6. The van der Waals surface area contributed by atoms with Crippen molar-refractivity contribution < 1.29 is 31.1 Å². The van der Waals surface area contributed by atoms with E-state index in [1.807, 2.05) is 11.8 Å². The molecule has 0 radical (unpaired) electrons. The molecule has 0 fully saturated rings. The Hall–Kier alpha value is -2.95. The Balaban J connectivity index is 1.61. The van der Waals surface area contributed by atoms with Gasteiger partial charge in [-0.2, -0.15) is 18.3 Å². The van der Waals surface area contributed by atoms with Crippen molar-refractivity contribution in [1.29, 1.82) is 0 Å². The van der Waals surface area contributed by atoms with Crippen molar-refractivity contribution in [3.8, 4) is 17.0 Å². The van der Waals surface area contributed by atoms with Crippen LogP contribution in [0.4, 0.5) is 32.0 Å². The van der Waals surface area contributed by atoms with Crippen molar-refractivity contribution in [3.05, 3.63) is 58.5 Å². The molecule has 0 N–H and O–H groups in total. The summed E-state index contributed by atoms with van der Waals surface area (Å²) in [4.78, 5) is 6.37. The number of halogens is 7. The molecular weight excluding hydrogens is 462 g/mol. The molecule has 170 valence electrons. The zero-order valence-electron chi connectivity index (χ0n) is 16.4. The average Bonchev–Trinajstić information content (AvgIpc) is 3.27. The summed E-state index contributed by atoms with van der Waals surface area (Å²) in [7, 11) is 0. The number of aromatic nitrogens is 3. The van der Waals surface area contributed by atoms with Crippen LogP contribution >= 0.6 is 11.6 Å². The van der Waals surface area contributed by atoms with Gasteiger partial charge in [0.1, 0.15) is 12.3 Å². The fraction of sp³-hybridized carbons (Fsp3) is 0.300. The summed E-state index contributed by atoms with van der Waals surface area (Å²) in [5.41, 5.74) is 3.52. The Labute approximate surface area is 183 Å². The zero-order valence-corrected chi connectivity index (χ0v) is 17.2. The fourth-order valence-electron chi connectivity index (χ4n) is 3.54. The topological polar surface area (TPSA) is 43.2 Å². The normalized spacial score (nSPS) is 14.1. The summed E-state index contributed by atoms with van der Waals surface area (Å²) >= 11 is 6.20. The van der Waals surface area contributed by atoms with Crippen LogP contribution < -0.4 is 9.64 Å². The number of benzene rings is 1. The molecule has 0 amide bonds. The third-order valence-electron chi connectivity index (χ3n) is 4.90. The molecular formula is C20H15ClF6N4O. The third-order valence-corrected chi connectivity index (χ3v) is 5.23. The zero-order chi connectivity index (χ0) is 23.3. The van der Waals surface area contributed by atoms with E-state index in [1.165, 1.54) is 18.5 Å². The minimum Gasteiger partial charge on any atom is -0.406 e. The van der Waals surface area contributed by atoms with Gasteiger partial charge in [0.25, 0.3) is 0 Å². The highest BCUT2D eigenvalue weighted by Gasteiger charge is 2.32. The molecule has 3 aromatic rings. The van der Waals surface area contributed by atoms with Gasteiger partial charge in [0, 0.05) is 18.3 Å². The molecule has 1 aliphatic heterocycles. The van der Waals surface area contributed by atoms with E-state index < -0.39 is 24.8 Å². The summed E-state index contributed by atoms with van der Waals surface area (Å²) in [6.07, 6.45) is -6.56. The molecule has 0 aliphatic carbocycles. The molecule has 32 heavy (non-hydrogen) atoms. The molecule has 2 aromatic heterocycles. The van der Waals surface area contributed by atoms with E-state index in [2.05, 4.69) is 14.8 Å². The summed E-state index contributed by atoms with van der Waals surface area (Å²) < 4.78 is 80.3. The first-order valence-corrected chi connectivity index (χ1v) is 9.65. The Kier molecular flexibility index (Phi) is 5.48. The third kappa shape index (κ3) is 4.93. The highest BCUT2D eigenvalue weighted by Crippen LogP contribution is 2.36. The van der Waals surface area contributed by atoms with Crippen LogP contribution in [0.3, 0.4) is 0 Å². The molecule has 12 heteroatoms. The van der Waals surface area contributed by atoms with Crippen LogP contribution in [0, 0.1) is 6.92 Å². The Morgan fingerprint density at radius 1 is 1.09 bits per heavy atom. The minimum absolute atomic E-state index is 0.203. The predicted octanol–water partition coefficient (Wildman–Crippen LogP) is 5.89. The Morgan fingerprint density at radius 3 is 2.53 bits per heavy atom. The number of nitrogens with zero attached hydrogens (tertiary/aromatic N) is 4. The summed E-state index contributed by atoms with van der Waals surface area (Å²) in [5.74, 6) is -0.421. The number of fused-ring (bicyclic) bond motifs is 1. The lowest BCUT2D eigenvalue weighted by Crippen LogP contribution is -2.18. The second-order valence-corrected chi connectivity index (χ2v) is 7.71. The van der Waals surface area contributed by atoms with Gasteiger partial charge in [0.15, 0.2) is 0 Å². The van der Waals surface area contributed by atoms with E-state index in [-0.39, 0.29) is 10.6 Å². The van der Waals surface area contributed by atoms with E-state index in [1.54, 1.807) is 6.07 Å². The maximum absolute atomic E-state index is 12.6. The van der Waals surface area contributed by atoms with Crippen molar-refractivity contribution >= 4 is 17.3 Å². The lowest BCUT2D eigenvalue weighted by atomic mass is 10.0. The average molecular weight is 477 g/mol. The first-order valence-electron chi connectivity index (χ1n) is 9.27. The van der Waals surface area contributed by atoms with Crippen LogP contribution in [0.25, 0.3) is 11.3 Å². The largest absolute Gasteiger partial charge is 0.573 e. The molecule has 4 rings (SSSR count). The quantitative estimate of drug-likeness (QED) is 0.441. The first-order chi connectivity index (χ1) is 14.9. The summed E-state index contributed by atoms with van der Waals surface area (Å²) in [6.45, 7) is 1.35. The van der Waals surface area contributed by atoms with Crippen molar-refractivity contribution in [2.24, 2.45) is 0 Å². The number of pyridine rings is 1. The lowest BCUT2D eigenvalue weighted by Gasteiger charge is -2.14. The van der Waals surface area contributed by atoms with Crippen molar-refractivity contribution in [2.45, 2.75) is 39.1 Å². The molecule has 0 bridgehead atoms. The van der Waals surface area contributed by atoms with E-state index in [0.717, 1.165) is 27.9 Å². The van der Waals surface area contributed by atoms with Crippen molar-refractivity contribution in [1.82, 2.24) is 14.8 Å². The molecule has 1 aromatic carbocycles. The van der Waals surface area contributed by atoms with Crippen LogP contribution in [0.2, 0.25) is 5.02 Å². The van der Waals surface area contributed by atoms with Gasteiger partial charge in [-0.05, 0) is 42.3 Å². The van der Waals surface area contributed by atoms with Gasteiger partial charge >= 0.3 is 12.5 Å². The molecule has 0 spiro atoms. The van der Waals surface area contributed by atoms with E-state index in [0.29, 0.717) is 30.2 Å². The van der Waals surface area contributed by atoms with Gasteiger partial charge in [0.05, 0.1) is 34.8 Å². The van der Waals surface area contributed by atoms with Gasteiger partial charge in [-0.15, -0.1) is 13.2 Å². The van der Waals surface area contributed by atoms with Crippen LogP contribution in [0.15, 0.2) is 36.7 Å². The lowest BCUT2D eigenvalue weighted by molar-refractivity contribution is -0.274. The van der Waals surface area contributed by atoms with Crippen LogP contribution in [-0.2, 0) is 19.6 Å². The molecule has 0 unspecified atom stereocenters. The minimum atomic E-state index is -4.84. The van der Waals surface area contributed by atoms with Gasteiger partial charge in [-0.1, -0.05) is 11.6 Å². The van der Waals surface area contributed by atoms with Gasteiger partial charge < -0.3 is 9.64 Å². The molecule has 0 atom stereocenters. The fourth-order valence-corrected chi connectivity index (χ4v) is 3.76.